The van der Waals surface area contributed by atoms with Gasteiger partial charge in [0, 0.05) is 42.8 Å². The molecule has 1 amide bonds. The van der Waals surface area contributed by atoms with Crippen LogP contribution in [0.3, 0.4) is 0 Å². The Kier molecular flexibility index (Phi) is 4.02. The van der Waals surface area contributed by atoms with E-state index in [1.165, 1.54) is 16.6 Å². The Labute approximate surface area is 146 Å². The number of H-pyrrole nitrogens is 1. The molecule has 0 saturated carbocycles. The van der Waals surface area contributed by atoms with Crippen LogP contribution in [-0.4, -0.2) is 51.6 Å². The van der Waals surface area contributed by atoms with E-state index in [2.05, 4.69) is 22.0 Å². The van der Waals surface area contributed by atoms with Gasteiger partial charge in [-0.1, -0.05) is 18.2 Å². The quantitative estimate of drug-likeness (QED) is 0.669. The first-order chi connectivity index (χ1) is 11.7. The van der Waals surface area contributed by atoms with Gasteiger partial charge in [-0.3, -0.25) is 9.69 Å². The molecule has 1 N–H and O–H groups in total. The molecule has 126 valence electrons. The van der Waals surface area contributed by atoms with Crippen molar-refractivity contribution < 1.29 is 9.53 Å². The van der Waals surface area contributed by atoms with E-state index < -0.39 is 0 Å². The maximum Gasteiger partial charge on any atom is 0.251 e. The third-order valence-electron chi connectivity index (χ3n) is 4.91. The average molecular weight is 343 g/mol. The molecular formula is C18H21N3O2S. The Morgan fingerprint density at radius 2 is 2.21 bits per heavy atom. The fraction of sp³-hybridized carbons (Fsp3) is 0.444. The third-order valence-corrected chi connectivity index (χ3v) is 5.36. The number of benzene rings is 1. The number of fused-ring (bicyclic) bond motifs is 4. The molecule has 24 heavy (non-hydrogen) atoms. The van der Waals surface area contributed by atoms with Crippen molar-refractivity contribution >= 4 is 34.1 Å². The molecule has 0 unspecified atom stereocenters. The van der Waals surface area contributed by atoms with E-state index in [0.717, 1.165) is 18.4 Å². The standard InChI is InChI=1S/C18H21N3O2S/c1-2-23-9-5-8-20-17(22)16-10-13-12-6-3-4-7-14(12)19-15(13)11-21(16)18(20)24/h3-4,6-7,16,19H,2,5,8-11H2,1H3/t16-/m0/s1. The predicted octanol–water partition coefficient (Wildman–Crippen LogP) is 2.45. The number of aromatic nitrogens is 1. The molecule has 0 bridgehead atoms. The van der Waals surface area contributed by atoms with Gasteiger partial charge in [-0.25, -0.2) is 0 Å². The van der Waals surface area contributed by atoms with Crippen LogP contribution >= 0.6 is 12.2 Å². The van der Waals surface area contributed by atoms with E-state index in [9.17, 15) is 4.79 Å². The van der Waals surface area contributed by atoms with E-state index in [0.29, 0.717) is 31.4 Å². The molecule has 5 nitrogen and oxygen atoms in total. The first-order valence-electron chi connectivity index (χ1n) is 8.49. The highest BCUT2D eigenvalue weighted by Crippen LogP contribution is 2.34. The predicted molar refractivity (Wildman–Crippen MR) is 96.8 cm³/mol. The summed E-state index contributed by atoms with van der Waals surface area (Å²) in [5.74, 6) is 0.132. The number of para-hydroxylation sites is 1. The second-order valence-electron chi connectivity index (χ2n) is 6.30. The monoisotopic (exact) mass is 343 g/mol. The number of nitrogens with one attached hydrogen (secondary N) is 1. The number of nitrogens with zero attached hydrogens (tertiary/aromatic N) is 2. The van der Waals surface area contributed by atoms with E-state index in [1.807, 2.05) is 19.1 Å². The summed E-state index contributed by atoms with van der Waals surface area (Å²) in [7, 11) is 0. The molecular weight excluding hydrogens is 322 g/mol. The fourth-order valence-corrected chi connectivity index (χ4v) is 4.11. The van der Waals surface area contributed by atoms with Crippen LogP contribution in [0.1, 0.15) is 24.6 Å². The zero-order chi connectivity index (χ0) is 16.7. The van der Waals surface area contributed by atoms with Crippen molar-refractivity contribution in [2.75, 3.05) is 19.8 Å². The van der Waals surface area contributed by atoms with Gasteiger partial charge in [0.25, 0.3) is 5.91 Å². The maximum absolute atomic E-state index is 12.8. The summed E-state index contributed by atoms with van der Waals surface area (Å²) in [5, 5.41) is 1.88. The summed E-state index contributed by atoms with van der Waals surface area (Å²) in [4.78, 5) is 20.1. The molecule has 2 aliphatic rings. The van der Waals surface area contributed by atoms with Gasteiger partial charge in [-0.15, -0.1) is 0 Å². The first kappa shape index (κ1) is 15.6. The summed E-state index contributed by atoms with van der Waals surface area (Å²) in [5.41, 5.74) is 3.58. The number of hydrogen-bond acceptors (Lipinski definition) is 3. The molecule has 0 aliphatic carbocycles. The van der Waals surface area contributed by atoms with Crippen molar-refractivity contribution in [1.29, 1.82) is 0 Å². The van der Waals surface area contributed by atoms with Crippen LogP contribution in [0, 0.1) is 0 Å². The van der Waals surface area contributed by atoms with Gasteiger partial charge in [-0.2, -0.15) is 0 Å². The van der Waals surface area contributed by atoms with Crippen LogP contribution in [0.25, 0.3) is 10.9 Å². The van der Waals surface area contributed by atoms with Gasteiger partial charge in [-0.05, 0) is 37.2 Å². The molecule has 1 aromatic carbocycles. The van der Waals surface area contributed by atoms with E-state index >= 15 is 0 Å². The largest absolute Gasteiger partial charge is 0.382 e. The number of aromatic amines is 1. The van der Waals surface area contributed by atoms with Crippen molar-refractivity contribution in [3.8, 4) is 0 Å². The van der Waals surface area contributed by atoms with Crippen LogP contribution in [-0.2, 0) is 22.5 Å². The second-order valence-corrected chi connectivity index (χ2v) is 6.66. The number of carbonyl (C=O) groups is 1. The number of ether oxygens (including phenoxy) is 1. The second kappa shape index (κ2) is 6.18. The lowest BCUT2D eigenvalue weighted by molar-refractivity contribution is -0.128. The van der Waals surface area contributed by atoms with Crippen molar-refractivity contribution in [3.05, 3.63) is 35.5 Å². The summed E-state index contributed by atoms with van der Waals surface area (Å²) < 4.78 is 5.37. The highest BCUT2D eigenvalue weighted by Gasteiger charge is 2.45. The number of hydrogen-bond donors (Lipinski definition) is 1. The topological polar surface area (TPSA) is 48.6 Å². The van der Waals surface area contributed by atoms with Gasteiger partial charge in [0.15, 0.2) is 5.11 Å². The van der Waals surface area contributed by atoms with Crippen LogP contribution in [0.15, 0.2) is 24.3 Å². The number of amides is 1. The Morgan fingerprint density at radius 1 is 1.38 bits per heavy atom. The number of rotatable bonds is 5. The average Bonchev–Trinajstić information content (AvgIpc) is 3.07. The zero-order valence-corrected chi connectivity index (χ0v) is 14.6. The van der Waals surface area contributed by atoms with Gasteiger partial charge >= 0.3 is 0 Å². The molecule has 0 radical (unpaired) electrons. The molecule has 2 aliphatic heterocycles. The normalized spacial score (nSPS) is 20.0. The van der Waals surface area contributed by atoms with Gasteiger partial charge in [0.2, 0.25) is 0 Å². The minimum atomic E-state index is -0.156. The summed E-state index contributed by atoms with van der Waals surface area (Å²) >= 11 is 5.58. The molecule has 3 heterocycles. The lowest BCUT2D eigenvalue weighted by Crippen LogP contribution is -2.39. The van der Waals surface area contributed by atoms with Crippen molar-refractivity contribution in [2.45, 2.75) is 32.4 Å². The Hall–Kier alpha value is -1.92. The van der Waals surface area contributed by atoms with Crippen LogP contribution in [0.4, 0.5) is 0 Å². The lowest BCUT2D eigenvalue weighted by Gasteiger charge is -2.28. The fourth-order valence-electron chi connectivity index (χ4n) is 3.73. The van der Waals surface area contributed by atoms with Crippen molar-refractivity contribution in [1.82, 2.24) is 14.8 Å². The van der Waals surface area contributed by atoms with Gasteiger partial charge in [0.05, 0.1) is 6.54 Å². The number of thiocarbonyl (C=S) groups is 1. The van der Waals surface area contributed by atoms with Crippen molar-refractivity contribution in [3.63, 3.8) is 0 Å². The lowest BCUT2D eigenvalue weighted by atomic mass is 9.97. The highest BCUT2D eigenvalue weighted by molar-refractivity contribution is 7.80. The Bertz CT molecular complexity index is 801. The van der Waals surface area contributed by atoms with Crippen LogP contribution < -0.4 is 0 Å². The van der Waals surface area contributed by atoms with Crippen LogP contribution in [0.5, 0.6) is 0 Å². The molecule has 1 atom stereocenters. The third kappa shape index (κ3) is 2.41. The molecule has 4 rings (SSSR count). The van der Waals surface area contributed by atoms with Gasteiger partial charge in [0.1, 0.15) is 6.04 Å². The SMILES string of the molecule is CCOCCCN1C(=O)[C@@H]2Cc3c([nH]c4ccccc34)CN2C1=S. The highest BCUT2D eigenvalue weighted by atomic mass is 32.1. The van der Waals surface area contributed by atoms with E-state index in [4.69, 9.17) is 17.0 Å². The molecule has 0 spiro atoms. The Morgan fingerprint density at radius 3 is 3.04 bits per heavy atom. The smallest absolute Gasteiger partial charge is 0.251 e. The zero-order valence-electron chi connectivity index (χ0n) is 13.7. The molecule has 1 fully saturated rings. The van der Waals surface area contributed by atoms with E-state index in [1.54, 1.807) is 4.90 Å². The maximum atomic E-state index is 12.8. The number of carbonyl (C=O) groups excluding carboxylic acids is 1. The summed E-state index contributed by atoms with van der Waals surface area (Å²) in [6.07, 6.45) is 1.54. The minimum absolute atomic E-state index is 0.132. The molecule has 1 saturated heterocycles. The minimum Gasteiger partial charge on any atom is -0.382 e. The molecule has 6 heteroatoms. The molecule has 2 aromatic rings. The summed E-state index contributed by atoms with van der Waals surface area (Å²) in [6, 6.07) is 8.12. The summed E-state index contributed by atoms with van der Waals surface area (Å²) in [6.45, 7) is 4.66. The Balaban J connectivity index is 1.56. The van der Waals surface area contributed by atoms with Crippen LogP contribution in [0.2, 0.25) is 0 Å². The van der Waals surface area contributed by atoms with Gasteiger partial charge < -0.3 is 14.6 Å². The first-order valence-corrected chi connectivity index (χ1v) is 8.89. The van der Waals surface area contributed by atoms with Crippen molar-refractivity contribution in [2.24, 2.45) is 0 Å². The van der Waals surface area contributed by atoms with E-state index in [-0.39, 0.29) is 11.9 Å². The molecule has 1 aromatic heterocycles.